The van der Waals surface area contributed by atoms with Crippen LogP contribution in [0.5, 0.6) is 0 Å². The number of thioether (sulfide) groups is 1. The Balaban J connectivity index is 1.40. The summed E-state index contributed by atoms with van der Waals surface area (Å²) in [6.45, 7) is 4.11. The van der Waals surface area contributed by atoms with E-state index in [0.717, 1.165) is 35.7 Å². The summed E-state index contributed by atoms with van der Waals surface area (Å²) in [7, 11) is -3.54. The number of nitrogens with zero attached hydrogens (tertiary/aromatic N) is 2. The van der Waals surface area contributed by atoms with Crippen LogP contribution in [0.1, 0.15) is 28.8 Å². The lowest BCUT2D eigenvalue weighted by Crippen LogP contribution is -2.50. The molecule has 0 aliphatic carbocycles. The Labute approximate surface area is 188 Å². The van der Waals surface area contributed by atoms with Crippen molar-refractivity contribution >= 4 is 27.7 Å². The van der Waals surface area contributed by atoms with E-state index >= 15 is 0 Å². The molecule has 6 nitrogen and oxygen atoms in total. The molecule has 2 aliphatic heterocycles. The van der Waals surface area contributed by atoms with Gasteiger partial charge in [0.25, 0.3) is 5.91 Å². The largest absolute Gasteiger partial charge is 0.377 e. The van der Waals surface area contributed by atoms with Gasteiger partial charge in [-0.15, -0.1) is 11.8 Å². The number of carbonyl (C=O) groups excluding carboxylic acids is 1. The van der Waals surface area contributed by atoms with Crippen LogP contribution in [-0.2, 0) is 14.8 Å². The Morgan fingerprint density at radius 1 is 1.06 bits per heavy atom. The van der Waals surface area contributed by atoms with Crippen molar-refractivity contribution in [3.8, 4) is 0 Å². The first-order valence-corrected chi connectivity index (χ1v) is 13.1. The van der Waals surface area contributed by atoms with Crippen LogP contribution in [-0.4, -0.2) is 68.2 Å². The molecule has 0 spiro atoms. The molecule has 1 unspecified atom stereocenters. The van der Waals surface area contributed by atoms with E-state index in [1.807, 2.05) is 31.2 Å². The molecule has 0 radical (unpaired) electrons. The lowest BCUT2D eigenvalue weighted by Gasteiger charge is -2.34. The van der Waals surface area contributed by atoms with Crippen LogP contribution < -0.4 is 0 Å². The number of hydrogen-bond donors (Lipinski definition) is 0. The maximum atomic E-state index is 13.2. The second-order valence-electron chi connectivity index (χ2n) is 7.95. The molecule has 166 valence electrons. The molecule has 2 fully saturated rings. The van der Waals surface area contributed by atoms with E-state index in [0.29, 0.717) is 36.6 Å². The highest BCUT2D eigenvalue weighted by Crippen LogP contribution is 2.28. The second kappa shape index (κ2) is 9.73. The highest BCUT2D eigenvalue weighted by Gasteiger charge is 2.31. The number of hydrogen-bond acceptors (Lipinski definition) is 5. The van der Waals surface area contributed by atoms with Gasteiger partial charge < -0.3 is 9.64 Å². The van der Waals surface area contributed by atoms with Gasteiger partial charge in [0.2, 0.25) is 10.0 Å². The van der Waals surface area contributed by atoms with Crippen LogP contribution in [0, 0.1) is 6.92 Å². The van der Waals surface area contributed by atoms with Crippen molar-refractivity contribution in [1.82, 2.24) is 9.21 Å². The molecular weight excluding hydrogens is 432 g/mol. The molecular formula is C23H28N2O4S2. The van der Waals surface area contributed by atoms with Crippen LogP contribution in [0.25, 0.3) is 0 Å². The van der Waals surface area contributed by atoms with Crippen molar-refractivity contribution in [2.75, 3.05) is 38.5 Å². The Bertz CT molecular complexity index is 1010. The standard InChI is InChI=1S/C23H28N2O4S2/c1-18-8-10-20(11-9-18)31(27,28)25-14-12-24(13-15-25)23(26)21-6-2-3-7-22(21)30-17-19-5-4-16-29-19/h2-3,6-11,19H,4-5,12-17H2,1H3. The Hall–Kier alpha value is -1.87. The van der Waals surface area contributed by atoms with E-state index in [4.69, 9.17) is 4.74 Å². The van der Waals surface area contributed by atoms with Gasteiger partial charge in [-0.1, -0.05) is 29.8 Å². The Morgan fingerprint density at radius 2 is 1.77 bits per heavy atom. The monoisotopic (exact) mass is 460 g/mol. The predicted octanol–water partition coefficient (Wildman–Crippen LogP) is 3.41. The van der Waals surface area contributed by atoms with Crippen molar-refractivity contribution in [2.45, 2.75) is 35.7 Å². The third-order valence-electron chi connectivity index (χ3n) is 5.75. The molecule has 31 heavy (non-hydrogen) atoms. The van der Waals surface area contributed by atoms with Crippen molar-refractivity contribution < 1.29 is 17.9 Å². The SMILES string of the molecule is Cc1ccc(S(=O)(=O)N2CCN(C(=O)c3ccccc3SCC3CCCO3)CC2)cc1. The maximum Gasteiger partial charge on any atom is 0.255 e. The van der Waals surface area contributed by atoms with E-state index < -0.39 is 10.0 Å². The number of aryl methyl sites for hydroxylation is 1. The predicted molar refractivity (Wildman–Crippen MR) is 122 cm³/mol. The van der Waals surface area contributed by atoms with Gasteiger partial charge >= 0.3 is 0 Å². The van der Waals surface area contributed by atoms with Crippen LogP contribution in [0.15, 0.2) is 58.3 Å². The molecule has 2 aromatic carbocycles. The van der Waals surface area contributed by atoms with E-state index in [9.17, 15) is 13.2 Å². The summed E-state index contributed by atoms with van der Waals surface area (Å²) in [5.41, 5.74) is 1.70. The Morgan fingerprint density at radius 3 is 2.45 bits per heavy atom. The summed E-state index contributed by atoms with van der Waals surface area (Å²) >= 11 is 1.66. The molecule has 2 heterocycles. The summed E-state index contributed by atoms with van der Waals surface area (Å²) < 4.78 is 33.0. The van der Waals surface area contributed by atoms with Crippen molar-refractivity contribution in [3.63, 3.8) is 0 Å². The van der Waals surface area contributed by atoms with Gasteiger partial charge in [-0.2, -0.15) is 4.31 Å². The molecule has 4 rings (SSSR count). The second-order valence-corrected chi connectivity index (χ2v) is 11.0. The minimum atomic E-state index is -3.54. The zero-order valence-corrected chi connectivity index (χ0v) is 19.3. The van der Waals surface area contributed by atoms with Crippen LogP contribution in [0.4, 0.5) is 0 Å². The molecule has 1 amide bonds. The fourth-order valence-electron chi connectivity index (χ4n) is 3.89. The molecule has 2 aliphatic rings. The molecule has 2 saturated heterocycles. The third kappa shape index (κ3) is 5.14. The fourth-order valence-corrected chi connectivity index (χ4v) is 6.43. The van der Waals surface area contributed by atoms with Crippen LogP contribution in [0.3, 0.4) is 0 Å². The van der Waals surface area contributed by atoms with E-state index in [1.54, 1.807) is 40.9 Å². The van der Waals surface area contributed by atoms with Crippen molar-refractivity contribution in [2.24, 2.45) is 0 Å². The highest BCUT2D eigenvalue weighted by atomic mass is 32.2. The average Bonchev–Trinajstić information content (AvgIpc) is 3.31. The summed E-state index contributed by atoms with van der Waals surface area (Å²) in [4.78, 5) is 16.2. The van der Waals surface area contributed by atoms with Gasteiger partial charge in [0, 0.05) is 43.4 Å². The number of ether oxygens (including phenoxy) is 1. The maximum absolute atomic E-state index is 13.2. The molecule has 2 aromatic rings. The van der Waals surface area contributed by atoms with E-state index in [1.165, 1.54) is 4.31 Å². The normalized spacial score (nSPS) is 20.2. The Kier molecular flexibility index (Phi) is 7.01. The molecule has 0 N–H and O–H groups in total. The summed E-state index contributed by atoms with van der Waals surface area (Å²) in [5.74, 6) is 0.801. The van der Waals surface area contributed by atoms with E-state index in [-0.39, 0.29) is 12.0 Å². The van der Waals surface area contributed by atoms with Gasteiger partial charge in [-0.3, -0.25) is 4.79 Å². The quantitative estimate of drug-likeness (QED) is 0.618. The summed E-state index contributed by atoms with van der Waals surface area (Å²) in [6, 6.07) is 14.5. The number of benzene rings is 2. The van der Waals surface area contributed by atoms with Gasteiger partial charge in [0.05, 0.1) is 16.6 Å². The number of amides is 1. The lowest BCUT2D eigenvalue weighted by atomic mass is 10.2. The summed E-state index contributed by atoms with van der Waals surface area (Å²) in [5, 5.41) is 0. The molecule has 0 saturated carbocycles. The van der Waals surface area contributed by atoms with Crippen LogP contribution >= 0.6 is 11.8 Å². The number of carbonyl (C=O) groups is 1. The topological polar surface area (TPSA) is 66.9 Å². The number of piperazine rings is 1. The van der Waals surface area contributed by atoms with Gasteiger partial charge in [-0.25, -0.2) is 8.42 Å². The summed E-state index contributed by atoms with van der Waals surface area (Å²) in [6.07, 6.45) is 2.42. The number of rotatable bonds is 6. The minimum Gasteiger partial charge on any atom is -0.377 e. The lowest BCUT2D eigenvalue weighted by molar-refractivity contribution is 0.0694. The fraction of sp³-hybridized carbons (Fsp3) is 0.435. The zero-order chi connectivity index (χ0) is 21.8. The molecule has 0 aromatic heterocycles. The zero-order valence-electron chi connectivity index (χ0n) is 17.7. The van der Waals surface area contributed by atoms with Gasteiger partial charge in [0.15, 0.2) is 0 Å². The first kappa shape index (κ1) is 22.3. The first-order valence-electron chi connectivity index (χ1n) is 10.6. The van der Waals surface area contributed by atoms with Gasteiger partial charge in [-0.05, 0) is 44.0 Å². The van der Waals surface area contributed by atoms with Gasteiger partial charge in [0.1, 0.15) is 0 Å². The van der Waals surface area contributed by atoms with E-state index in [2.05, 4.69) is 0 Å². The highest BCUT2D eigenvalue weighted by molar-refractivity contribution is 7.99. The third-order valence-corrected chi connectivity index (χ3v) is 8.87. The minimum absolute atomic E-state index is 0.0391. The smallest absolute Gasteiger partial charge is 0.255 e. The average molecular weight is 461 g/mol. The molecule has 0 bridgehead atoms. The van der Waals surface area contributed by atoms with Crippen molar-refractivity contribution in [1.29, 1.82) is 0 Å². The molecule has 8 heteroatoms. The van der Waals surface area contributed by atoms with Crippen LogP contribution in [0.2, 0.25) is 0 Å². The molecule has 1 atom stereocenters. The first-order chi connectivity index (χ1) is 14.9. The van der Waals surface area contributed by atoms with Crippen molar-refractivity contribution in [3.05, 3.63) is 59.7 Å². The number of sulfonamides is 1.